The molecule has 0 N–H and O–H groups in total. The van der Waals surface area contributed by atoms with Crippen molar-refractivity contribution in [2.45, 2.75) is 19.8 Å². The Balaban J connectivity index is 1.76. The van der Waals surface area contributed by atoms with E-state index in [1.807, 2.05) is 20.2 Å². The van der Waals surface area contributed by atoms with Crippen molar-refractivity contribution in [3.63, 3.8) is 0 Å². The first-order valence-electron chi connectivity index (χ1n) is 6.50. The number of carbonyl (C=O) groups is 1. The number of rotatable bonds is 5. The lowest BCUT2D eigenvalue weighted by molar-refractivity contribution is 0.0371. The Hall–Kier alpha value is -1.20. The van der Waals surface area contributed by atoms with Crippen LogP contribution in [0.1, 0.15) is 28.9 Å². The van der Waals surface area contributed by atoms with E-state index in [1.54, 1.807) is 4.68 Å². The van der Waals surface area contributed by atoms with Crippen molar-refractivity contribution in [2.75, 3.05) is 32.8 Å². The minimum absolute atomic E-state index is 0.203. The molecule has 0 aliphatic carbocycles. The molecule has 0 amide bonds. The minimum atomic E-state index is 0.203. The molecule has 0 bridgehead atoms. The standard InChI is InChI=1S/C13H21N3O2/c1-11-12(10-15(2)14-11)13(17)4-3-5-16-6-8-18-9-7-16/h10H,3-9H2,1-2H3. The quantitative estimate of drug-likeness (QED) is 0.733. The fraction of sp³-hybridized carbons (Fsp3) is 0.692. The Labute approximate surface area is 108 Å². The molecule has 1 fully saturated rings. The molecule has 18 heavy (non-hydrogen) atoms. The normalized spacial score (nSPS) is 17.0. The molecule has 0 saturated carbocycles. The maximum absolute atomic E-state index is 12.0. The van der Waals surface area contributed by atoms with Crippen LogP contribution < -0.4 is 0 Å². The molecule has 0 spiro atoms. The summed E-state index contributed by atoms with van der Waals surface area (Å²) in [4.78, 5) is 14.4. The molecular formula is C13H21N3O2. The summed E-state index contributed by atoms with van der Waals surface area (Å²) >= 11 is 0. The van der Waals surface area contributed by atoms with E-state index in [9.17, 15) is 4.79 Å². The van der Waals surface area contributed by atoms with Crippen LogP contribution in [0.25, 0.3) is 0 Å². The van der Waals surface area contributed by atoms with Crippen LogP contribution in [0.3, 0.4) is 0 Å². The van der Waals surface area contributed by atoms with Crippen LogP contribution in [0, 0.1) is 6.92 Å². The first kappa shape index (κ1) is 13.2. The zero-order valence-corrected chi connectivity index (χ0v) is 11.2. The first-order chi connectivity index (χ1) is 8.66. The van der Waals surface area contributed by atoms with Gasteiger partial charge in [0.2, 0.25) is 0 Å². The average Bonchev–Trinajstić information content (AvgIpc) is 2.70. The van der Waals surface area contributed by atoms with Crippen molar-refractivity contribution in [1.29, 1.82) is 0 Å². The largest absolute Gasteiger partial charge is 0.379 e. The van der Waals surface area contributed by atoms with Gasteiger partial charge in [0.15, 0.2) is 5.78 Å². The predicted molar refractivity (Wildman–Crippen MR) is 68.8 cm³/mol. The Morgan fingerprint density at radius 2 is 2.17 bits per heavy atom. The zero-order valence-electron chi connectivity index (χ0n) is 11.2. The molecule has 2 heterocycles. The molecule has 0 aromatic carbocycles. The minimum Gasteiger partial charge on any atom is -0.379 e. The first-order valence-corrected chi connectivity index (χ1v) is 6.50. The van der Waals surface area contributed by atoms with E-state index in [0.29, 0.717) is 6.42 Å². The van der Waals surface area contributed by atoms with Crippen molar-refractivity contribution < 1.29 is 9.53 Å². The van der Waals surface area contributed by atoms with Crippen molar-refractivity contribution in [2.24, 2.45) is 7.05 Å². The molecular weight excluding hydrogens is 230 g/mol. The number of carbonyl (C=O) groups excluding carboxylic acids is 1. The van der Waals surface area contributed by atoms with Crippen LogP contribution in [0.2, 0.25) is 0 Å². The smallest absolute Gasteiger partial charge is 0.166 e. The Morgan fingerprint density at radius 1 is 1.44 bits per heavy atom. The Morgan fingerprint density at radius 3 is 2.78 bits per heavy atom. The summed E-state index contributed by atoms with van der Waals surface area (Å²) < 4.78 is 6.99. The molecule has 0 unspecified atom stereocenters. The molecule has 1 aliphatic heterocycles. The number of aromatic nitrogens is 2. The van der Waals surface area contributed by atoms with Crippen LogP contribution in [0.4, 0.5) is 0 Å². The number of nitrogens with zero attached hydrogens (tertiary/aromatic N) is 3. The van der Waals surface area contributed by atoms with Gasteiger partial charge < -0.3 is 4.74 Å². The molecule has 0 radical (unpaired) electrons. The maximum atomic E-state index is 12.0. The number of morpholine rings is 1. The summed E-state index contributed by atoms with van der Waals surface area (Å²) in [7, 11) is 1.84. The molecule has 100 valence electrons. The van der Waals surface area contributed by atoms with Crippen molar-refractivity contribution >= 4 is 5.78 Å². The van der Waals surface area contributed by atoms with Gasteiger partial charge in [0.25, 0.3) is 0 Å². The summed E-state index contributed by atoms with van der Waals surface area (Å²) in [5.74, 6) is 0.203. The van der Waals surface area contributed by atoms with Crippen molar-refractivity contribution in [3.05, 3.63) is 17.5 Å². The second-order valence-electron chi connectivity index (χ2n) is 4.78. The lowest BCUT2D eigenvalue weighted by atomic mass is 10.1. The Bertz CT molecular complexity index is 408. The van der Waals surface area contributed by atoms with Gasteiger partial charge >= 0.3 is 0 Å². The van der Waals surface area contributed by atoms with Crippen LogP contribution in [0.5, 0.6) is 0 Å². The fourth-order valence-corrected chi connectivity index (χ4v) is 2.30. The molecule has 1 saturated heterocycles. The van der Waals surface area contributed by atoms with E-state index in [1.165, 1.54) is 0 Å². The fourth-order valence-electron chi connectivity index (χ4n) is 2.30. The van der Waals surface area contributed by atoms with Gasteiger partial charge in [-0.05, 0) is 19.9 Å². The molecule has 0 atom stereocenters. The van der Waals surface area contributed by atoms with Gasteiger partial charge in [0.1, 0.15) is 0 Å². The molecule has 1 aromatic heterocycles. The third-order valence-electron chi connectivity index (χ3n) is 3.30. The van der Waals surface area contributed by atoms with Crippen LogP contribution in [0.15, 0.2) is 6.20 Å². The molecule has 5 heteroatoms. The van der Waals surface area contributed by atoms with Gasteiger partial charge in [-0.15, -0.1) is 0 Å². The molecule has 5 nitrogen and oxygen atoms in total. The van der Waals surface area contributed by atoms with E-state index in [0.717, 1.165) is 50.5 Å². The highest BCUT2D eigenvalue weighted by molar-refractivity contribution is 5.96. The molecule has 2 rings (SSSR count). The Kier molecular flexibility index (Phi) is 4.49. The SMILES string of the molecule is Cc1nn(C)cc1C(=O)CCCN1CCOCC1. The third kappa shape index (κ3) is 3.40. The average molecular weight is 251 g/mol. The zero-order chi connectivity index (χ0) is 13.0. The van der Waals surface area contributed by atoms with Crippen LogP contribution >= 0.6 is 0 Å². The number of hydrogen-bond donors (Lipinski definition) is 0. The highest BCUT2D eigenvalue weighted by Crippen LogP contribution is 2.10. The maximum Gasteiger partial charge on any atom is 0.166 e. The lowest BCUT2D eigenvalue weighted by Gasteiger charge is -2.26. The lowest BCUT2D eigenvalue weighted by Crippen LogP contribution is -2.36. The number of ketones is 1. The second-order valence-corrected chi connectivity index (χ2v) is 4.78. The number of aryl methyl sites for hydroxylation is 2. The van der Waals surface area contributed by atoms with Gasteiger partial charge in [-0.2, -0.15) is 5.10 Å². The number of Topliss-reactive ketones (excluding diaryl/α,β-unsaturated/α-hetero) is 1. The predicted octanol–water partition coefficient (Wildman–Crippen LogP) is 1.02. The second kappa shape index (κ2) is 6.11. The number of hydrogen-bond acceptors (Lipinski definition) is 4. The van der Waals surface area contributed by atoms with Crippen molar-refractivity contribution in [1.82, 2.24) is 14.7 Å². The van der Waals surface area contributed by atoms with Crippen LogP contribution in [-0.4, -0.2) is 53.3 Å². The van der Waals surface area contributed by atoms with E-state index in [2.05, 4.69) is 10.00 Å². The molecule has 1 aromatic rings. The summed E-state index contributed by atoms with van der Waals surface area (Å²) in [5, 5.41) is 4.20. The summed E-state index contributed by atoms with van der Waals surface area (Å²) in [6.07, 6.45) is 3.32. The highest BCUT2D eigenvalue weighted by Gasteiger charge is 2.14. The topological polar surface area (TPSA) is 47.4 Å². The highest BCUT2D eigenvalue weighted by atomic mass is 16.5. The number of ether oxygens (including phenoxy) is 1. The van der Waals surface area contributed by atoms with Crippen LogP contribution in [-0.2, 0) is 11.8 Å². The van der Waals surface area contributed by atoms with E-state index >= 15 is 0 Å². The van der Waals surface area contributed by atoms with Gasteiger partial charge in [0.05, 0.1) is 24.5 Å². The van der Waals surface area contributed by atoms with E-state index in [4.69, 9.17) is 4.74 Å². The van der Waals surface area contributed by atoms with E-state index in [-0.39, 0.29) is 5.78 Å². The summed E-state index contributed by atoms with van der Waals surface area (Å²) in [5.41, 5.74) is 1.59. The van der Waals surface area contributed by atoms with Gasteiger partial charge in [-0.3, -0.25) is 14.4 Å². The van der Waals surface area contributed by atoms with Gasteiger partial charge in [-0.1, -0.05) is 0 Å². The summed E-state index contributed by atoms with van der Waals surface area (Å²) in [6.45, 7) is 6.47. The summed E-state index contributed by atoms with van der Waals surface area (Å²) in [6, 6.07) is 0. The third-order valence-corrected chi connectivity index (χ3v) is 3.30. The monoisotopic (exact) mass is 251 g/mol. The van der Waals surface area contributed by atoms with Gasteiger partial charge in [-0.25, -0.2) is 0 Å². The molecule has 1 aliphatic rings. The van der Waals surface area contributed by atoms with Gasteiger partial charge in [0, 0.05) is 32.8 Å². The van der Waals surface area contributed by atoms with E-state index < -0.39 is 0 Å². The van der Waals surface area contributed by atoms with Crippen molar-refractivity contribution in [3.8, 4) is 0 Å².